The van der Waals surface area contributed by atoms with Gasteiger partial charge >= 0.3 is 0 Å². The first-order valence-corrected chi connectivity index (χ1v) is 9.56. The van der Waals surface area contributed by atoms with E-state index in [1.807, 2.05) is 48.5 Å². The molecule has 2 aliphatic rings. The molecule has 0 fully saturated rings. The molecule has 0 aliphatic carbocycles. The van der Waals surface area contributed by atoms with Crippen molar-refractivity contribution in [2.75, 3.05) is 15.5 Å². The molecule has 1 spiro atoms. The summed E-state index contributed by atoms with van der Waals surface area (Å²) in [6.07, 6.45) is 0. The van der Waals surface area contributed by atoms with Gasteiger partial charge in [0.05, 0.1) is 17.1 Å². The van der Waals surface area contributed by atoms with Crippen LogP contribution in [0.1, 0.15) is 12.5 Å². The van der Waals surface area contributed by atoms with Crippen LogP contribution in [0.25, 0.3) is 21.5 Å². The van der Waals surface area contributed by atoms with E-state index in [2.05, 4.69) is 34.9 Å². The van der Waals surface area contributed by atoms with Crippen LogP contribution in [0, 0.1) is 0 Å². The first-order chi connectivity index (χ1) is 14.1. The molecule has 0 saturated heterocycles. The number of amides is 2. The van der Waals surface area contributed by atoms with E-state index in [1.54, 1.807) is 0 Å². The van der Waals surface area contributed by atoms with E-state index >= 15 is 0 Å². The summed E-state index contributed by atoms with van der Waals surface area (Å²) >= 11 is 0. The number of hydrogen-bond donors (Lipinski definition) is 2. The van der Waals surface area contributed by atoms with Gasteiger partial charge in [0.2, 0.25) is 11.6 Å². The predicted molar refractivity (Wildman–Crippen MR) is 115 cm³/mol. The highest BCUT2D eigenvalue weighted by molar-refractivity contribution is 6.28. The van der Waals surface area contributed by atoms with Gasteiger partial charge in [0, 0.05) is 23.3 Å². The molecular formula is C24H17N3O2. The van der Waals surface area contributed by atoms with Gasteiger partial charge in [-0.2, -0.15) is 0 Å². The molecular weight excluding hydrogens is 362 g/mol. The van der Waals surface area contributed by atoms with Gasteiger partial charge in [0.15, 0.2) is 0 Å². The molecule has 0 radical (unpaired) electrons. The molecule has 0 atom stereocenters. The van der Waals surface area contributed by atoms with Gasteiger partial charge in [0.25, 0.3) is 5.91 Å². The molecule has 2 aliphatic heterocycles. The molecule has 6 rings (SSSR count). The molecule has 0 unspecified atom stereocenters. The third kappa shape index (κ3) is 1.89. The summed E-state index contributed by atoms with van der Waals surface area (Å²) < 4.78 is 0. The van der Waals surface area contributed by atoms with Crippen LogP contribution in [0.4, 0.5) is 17.1 Å². The minimum atomic E-state index is -1.20. The Morgan fingerprint density at radius 3 is 1.79 bits per heavy atom. The first kappa shape index (κ1) is 16.1. The molecule has 0 saturated carbocycles. The number of anilines is 3. The van der Waals surface area contributed by atoms with Gasteiger partial charge in [0.1, 0.15) is 0 Å². The average molecular weight is 379 g/mol. The molecule has 4 aromatic carbocycles. The Labute approximate surface area is 166 Å². The quantitative estimate of drug-likeness (QED) is 0.439. The largest absolute Gasteiger partial charge is 0.349 e. The van der Waals surface area contributed by atoms with Crippen molar-refractivity contribution in [2.45, 2.75) is 12.6 Å². The van der Waals surface area contributed by atoms with Crippen LogP contribution in [-0.2, 0) is 15.3 Å². The zero-order chi connectivity index (χ0) is 19.8. The van der Waals surface area contributed by atoms with Gasteiger partial charge < -0.3 is 10.6 Å². The lowest BCUT2D eigenvalue weighted by molar-refractivity contribution is -0.126. The molecule has 2 heterocycles. The molecule has 2 N–H and O–H groups in total. The normalized spacial score (nSPS) is 16.0. The molecule has 2 amide bonds. The van der Waals surface area contributed by atoms with E-state index in [4.69, 9.17) is 0 Å². The van der Waals surface area contributed by atoms with Crippen LogP contribution in [0.5, 0.6) is 0 Å². The van der Waals surface area contributed by atoms with Crippen molar-refractivity contribution in [1.29, 1.82) is 0 Å². The Morgan fingerprint density at radius 1 is 0.759 bits per heavy atom. The fourth-order valence-corrected chi connectivity index (χ4v) is 4.74. The second kappa shape index (κ2) is 5.35. The monoisotopic (exact) mass is 379 g/mol. The Balaban J connectivity index is 1.68. The second-order valence-corrected chi connectivity index (χ2v) is 7.52. The number of nitrogens with one attached hydrogen (secondary N) is 2. The molecule has 0 bridgehead atoms. The molecule has 5 nitrogen and oxygen atoms in total. The predicted octanol–water partition coefficient (Wildman–Crippen LogP) is 4.58. The van der Waals surface area contributed by atoms with Crippen LogP contribution < -0.4 is 15.5 Å². The third-order valence-corrected chi connectivity index (χ3v) is 5.95. The molecule has 29 heavy (non-hydrogen) atoms. The Hall–Kier alpha value is -3.86. The summed E-state index contributed by atoms with van der Waals surface area (Å²) in [7, 11) is 0. The summed E-state index contributed by atoms with van der Waals surface area (Å²) in [5.41, 5.74) is 1.94. The number of rotatable bonds is 0. The van der Waals surface area contributed by atoms with Crippen molar-refractivity contribution >= 4 is 50.4 Å². The third-order valence-electron chi connectivity index (χ3n) is 5.95. The second-order valence-electron chi connectivity index (χ2n) is 7.52. The fourth-order valence-electron chi connectivity index (χ4n) is 4.74. The van der Waals surface area contributed by atoms with Gasteiger partial charge in [-0.1, -0.05) is 66.7 Å². The summed E-state index contributed by atoms with van der Waals surface area (Å²) in [6, 6.07) is 23.8. The van der Waals surface area contributed by atoms with Gasteiger partial charge in [-0.05, 0) is 16.8 Å². The lowest BCUT2D eigenvalue weighted by atomic mass is 9.99. The lowest BCUT2D eigenvalue weighted by Gasteiger charge is -2.24. The maximum atomic E-state index is 13.5. The topological polar surface area (TPSA) is 61.4 Å². The van der Waals surface area contributed by atoms with Gasteiger partial charge in [-0.25, -0.2) is 4.90 Å². The van der Waals surface area contributed by atoms with Crippen LogP contribution in [0.2, 0.25) is 0 Å². The minimum Gasteiger partial charge on any atom is -0.349 e. The summed E-state index contributed by atoms with van der Waals surface area (Å²) in [4.78, 5) is 27.1. The smallest absolute Gasteiger partial charge is 0.285 e. The van der Waals surface area contributed by atoms with Crippen LogP contribution in [0.3, 0.4) is 0 Å². The van der Waals surface area contributed by atoms with Crippen molar-refractivity contribution in [3.05, 3.63) is 78.4 Å². The lowest BCUT2D eigenvalue weighted by Crippen LogP contribution is -2.49. The highest BCUT2D eigenvalue weighted by atomic mass is 16.2. The number of benzene rings is 4. The Bertz CT molecular complexity index is 1310. The summed E-state index contributed by atoms with van der Waals surface area (Å²) in [5.74, 6) is -0.607. The number of nitrogens with zero attached hydrogens (tertiary/aromatic N) is 1. The van der Waals surface area contributed by atoms with E-state index < -0.39 is 5.66 Å². The molecule has 140 valence electrons. The number of para-hydroxylation sites is 1. The van der Waals surface area contributed by atoms with Gasteiger partial charge in [-0.3, -0.25) is 9.59 Å². The van der Waals surface area contributed by atoms with E-state index in [0.29, 0.717) is 5.69 Å². The van der Waals surface area contributed by atoms with Crippen LogP contribution >= 0.6 is 0 Å². The van der Waals surface area contributed by atoms with E-state index in [9.17, 15) is 9.59 Å². The zero-order valence-electron chi connectivity index (χ0n) is 15.7. The van der Waals surface area contributed by atoms with Crippen molar-refractivity contribution in [2.24, 2.45) is 0 Å². The van der Waals surface area contributed by atoms with E-state index in [-0.39, 0.29) is 11.8 Å². The Kier molecular flexibility index (Phi) is 2.98. The highest BCUT2D eigenvalue weighted by Gasteiger charge is 2.56. The minimum absolute atomic E-state index is 0.298. The maximum absolute atomic E-state index is 13.5. The molecule has 4 aromatic rings. The number of carbonyl (C=O) groups is 2. The van der Waals surface area contributed by atoms with E-state index in [1.165, 1.54) is 11.8 Å². The zero-order valence-corrected chi connectivity index (χ0v) is 15.7. The first-order valence-electron chi connectivity index (χ1n) is 9.56. The fraction of sp³-hybridized carbons (Fsp3) is 0.0833. The molecule has 5 heteroatoms. The highest BCUT2D eigenvalue weighted by Crippen LogP contribution is 2.52. The van der Waals surface area contributed by atoms with Crippen molar-refractivity contribution < 1.29 is 9.59 Å². The Morgan fingerprint density at radius 2 is 1.24 bits per heavy atom. The average Bonchev–Trinajstić information content (AvgIpc) is 3.26. The number of hydrogen-bond acceptors (Lipinski definition) is 4. The van der Waals surface area contributed by atoms with E-state index in [0.717, 1.165) is 38.5 Å². The standard InChI is InChI=1S/C24H17N3O2/c1-14(28)27-20-13-7-6-12-19(20)24(23(27)29)25-21-17-10-4-2-8-15(17)16-9-3-5-11-18(16)22(21)26-24/h2-13,25-26H,1H3. The number of imide groups is 1. The van der Waals surface area contributed by atoms with Crippen molar-refractivity contribution in [1.82, 2.24) is 0 Å². The van der Waals surface area contributed by atoms with Gasteiger partial charge in [-0.15, -0.1) is 0 Å². The summed E-state index contributed by atoms with van der Waals surface area (Å²) in [6.45, 7) is 1.42. The SMILES string of the molecule is CC(=O)N1C(=O)C2(Nc3c(c4ccccc4c4ccccc34)N2)c2ccccc21. The summed E-state index contributed by atoms with van der Waals surface area (Å²) in [5, 5.41) is 11.3. The van der Waals surface area contributed by atoms with Crippen LogP contribution in [0.15, 0.2) is 72.8 Å². The number of fused-ring (bicyclic) bond motifs is 8. The number of carbonyl (C=O) groups excluding carboxylic acids is 2. The van der Waals surface area contributed by atoms with Crippen molar-refractivity contribution in [3.8, 4) is 0 Å². The molecule has 0 aromatic heterocycles. The maximum Gasteiger partial charge on any atom is 0.285 e. The van der Waals surface area contributed by atoms with Crippen LogP contribution in [-0.4, -0.2) is 11.8 Å². The van der Waals surface area contributed by atoms with Crippen molar-refractivity contribution in [3.63, 3.8) is 0 Å².